The van der Waals surface area contributed by atoms with E-state index in [1.165, 1.54) is 4.90 Å². The number of aromatic nitrogens is 2. The molecule has 1 N–H and O–H groups in total. The van der Waals surface area contributed by atoms with Crippen LogP contribution in [0.3, 0.4) is 0 Å². The van der Waals surface area contributed by atoms with Crippen LogP contribution in [0.25, 0.3) is 0 Å². The molecule has 0 saturated carbocycles. The van der Waals surface area contributed by atoms with Gasteiger partial charge in [0.25, 0.3) is 0 Å². The summed E-state index contributed by atoms with van der Waals surface area (Å²) < 4.78 is 1.77. The van der Waals surface area contributed by atoms with Gasteiger partial charge in [0.2, 0.25) is 17.7 Å². The third-order valence-electron chi connectivity index (χ3n) is 4.40. The van der Waals surface area contributed by atoms with Crippen molar-refractivity contribution in [3.63, 3.8) is 0 Å². The molecular weight excluding hydrogens is 310 g/mol. The number of hydrogen-bond acceptors (Lipinski definition) is 4. The smallest absolute Gasteiger partial charge is 0.240 e. The average Bonchev–Trinajstić information content (AvgIpc) is 3.12. The van der Waals surface area contributed by atoms with Crippen LogP contribution in [0.1, 0.15) is 31.4 Å². The molecule has 130 valence electrons. The van der Waals surface area contributed by atoms with E-state index in [2.05, 4.69) is 10.4 Å². The summed E-state index contributed by atoms with van der Waals surface area (Å²) in [6, 6.07) is 1.82. The highest BCUT2D eigenvalue weighted by atomic mass is 16.2. The van der Waals surface area contributed by atoms with Crippen LogP contribution in [0.4, 0.5) is 5.82 Å². The highest BCUT2D eigenvalue weighted by Gasteiger charge is 2.27. The Balaban J connectivity index is 1.46. The number of aryl methyl sites for hydroxylation is 2. The molecule has 0 spiro atoms. The van der Waals surface area contributed by atoms with Gasteiger partial charge in [-0.15, -0.1) is 0 Å². The molecule has 8 nitrogen and oxygen atoms in total. The first-order chi connectivity index (χ1) is 11.5. The van der Waals surface area contributed by atoms with E-state index in [0.29, 0.717) is 38.3 Å². The fourth-order valence-electron chi connectivity index (χ4n) is 3.18. The molecular formula is C16H23N5O3. The van der Waals surface area contributed by atoms with Crippen molar-refractivity contribution in [2.24, 2.45) is 0 Å². The number of carbonyl (C=O) groups is 3. The highest BCUT2D eigenvalue weighted by Crippen LogP contribution is 2.22. The van der Waals surface area contributed by atoms with Gasteiger partial charge in [-0.05, 0) is 19.8 Å². The summed E-state index contributed by atoms with van der Waals surface area (Å²) in [7, 11) is 0. The summed E-state index contributed by atoms with van der Waals surface area (Å²) in [5.74, 6) is 0.633. The minimum atomic E-state index is -0.191. The van der Waals surface area contributed by atoms with Crippen LogP contribution in [0.15, 0.2) is 6.07 Å². The first kappa shape index (κ1) is 16.5. The van der Waals surface area contributed by atoms with Gasteiger partial charge in [0.1, 0.15) is 12.4 Å². The molecule has 3 heterocycles. The summed E-state index contributed by atoms with van der Waals surface area (Å²) in [4.78, 5) is 39.1. The fourth-order valence-corrected chi connectivity index (χ4v) is 3.18. The van der Waals surface area contributed by atoms with Crippen molar-refractivity contribution in [1.82, 2.24) is 20.0 Å². The quantitative estimate of drug-likeness (QED) is 0.746. The highest BCUT2D eigenvalue weighted by molar-refractivity contribution is 5.98. The second-order valence-corrected chi connectivity index (χ2v) is 6.28. The van der Waals surface area contributed by atoms with E-state index in [1.807, 2.05) is 17.9 Å². The number of likely N-dealkylation sites (tertiary alicyclic amines) is 1. The zero-order valence-corrected chi connectivity index (χ0v) is 14.0. The number of rotatable bonds is 6. The van der Waals surface area contributed by atoms with E-state index in [-0.39, 0.29) is 24.3 Å². The molecule has 0 aliphatic carbocycles. The maximum atomic E-state index is 12.1. The van der Waals surface area contributed by atoms with Crippen LogP contribution in [0.5, 0.6) is 0 Å². The molecule has 0 bridgehead atoms. The Labute approximate surface area is 140 Å². The molecule has 0 atom stereocenters. The van der Waals surface area contributed by atoms with Crippen molar-refractivity contribution < 1.29 is 14.4 Å². The largest absolute Gasteiger partial charge is 0.354 e. The molecule has 1 fully saturated rings. The van der Waals surface area contributed by atoms with Crippen molar-refractivity contribution in [2.45, 2.75) is 39.2 Å². The third-order valence-corrected chi connectivity index (χ3v) is 4.40. The van der Waals surface area contributed by atoms with E-state index in [1.54, 1.807) is 4.68 Å². The number of hydrogen-bond donors (Lipinski definition) is 1. The van der Waals surface area contributed by atoms with E-state index in [4.69, 9.17) is 0 Å². The number of anilines is 1. The van der Waals surface area contributed by atoms with Gasteiger partial charge in [-0.2, -0.15) is 5.10 Å². The Hall–Kier alpha value is -2.38. The Morgan fingerprint density at radius 2 is 2.08 bits per heavy atom. The van der Waals surface area contributed by atoms with Crippen molar-refractivity contribution in [1.29, 1.82) is 0 Å². The molecule has 24 heavy (non-hydrogen) atoms. The van der Waals surface area contributed by atoms with Crippen LogP contribution in [-0.2, 0) is 20.9 Å². The summed E-state index contributed by atoms with van der Waals surface area (Å²) in [6.45, 7) is 4.43. The zero-order chi connectivity index (χ0) is 17.1. The topological polar surface area (TPSA) is 87.5 Å². The summed E-state index contributed by atoms with van der Waals surface area (Å²) in [5, 5.41) is 7.15. The van der Waals surface area contributed by atoms with Crippen LogP contribution in [0.2, 0.25) is 0 Å². The summed E-state index contributed by atoms with van der Waals surface area (Å²) in [5.41, 5.74) is 0.834. The monoisotopic (exact) mass is 333 g/mol. The number of fused-ring (bicyclic) bond motifs is 1. The normalized spacial score (nSPS) is 17.4. The lowest BCUT2D eigenvalue weighted by Crippen LogP contribution is -2.44. The van der Waals surface area contributed by atoms with Gasteiger partial charge in [-0.1, -0.05) is 0 Å². The first-order valence-corrected chi connectivity index (χ1v) is 8.44. The lowest BCUT2D eigenvalue weighted by atomic mass is 10.2. The molecule has 1 saturated heterocycles. The molecule has 8 heteroatoms. The van der Waals surface area contributed by atoms with Crippen molar-refractivity contribution >= 4 is 23.5 Å². The second kappa shape index (κ2) is 7.02. The number of carbonyl (C=O) groups excluding carboxylic acids is 3. The van der Waals surface area contributed by atoms with Gasteiger partial charge in [-0.3, -0.25) is 19.3 Å². The molecule has 0 aromatic carbocycles. The Morgan fingerprint density at radius 1 is 1.25 bits per heavy atom. The summed E-state index contributed by atoms with van der Waals surface area (Å²) in [6.07, 6.45) is 2.65. The first-order valence-electron chi connectivity index (χ1n) is 8.44. The van der Waals surface area contributed by atoms with Gasteiger partial charge in [0.05, 0.1) is 12.2 Å². The number of nitrogens with one attached hydrogen (secondary N) is 1. The van der Waals surface area contributed by atoms with Crippen LogP contribution in [0, 0.1) is 6.92 Å². The molecule has 2 aliphatic rings. The van der Waals surface area contributed by atoms with E-state index in [9.17, 15) is 14.4 Å². The SMILES string of the molecule is Cc1cc2n(n1)CCC(=O)N2CC(=O)NCCCN1CCCC1=O. The number of nitrogens with zero attached hydrogens (tertiary/aromatic N) is 4. The second-order valence-electron chi connectivity index (χ2n) is 6.28. The van der Waals surface area contributed by atoms with E-state index < -0.39 is 0 Å². The standard InChI is InChI=1S/C16H23N5O3/c1-12-10-14-20(16(24)5-9-21(14)18-12)11-13(22)17-6-3-8-19-7-2-4-15(19)23/h10H,2-9,11H2,1H3,(H,17,22). The van der Waals surface area contributed by atoms with Crippen molar-refractivity contribution in [3.05, 3.63) is 11.8 Å². The van der Waals surface area contributed by atoms with E-state index in [0.717, 1.165) is 25.1 Å². The minimum absolute atomic E-state index is 0.00656. The van der Waals surface area contributed by atoms with E-state index >= 15 is 0 Å². The maximum absolute atomic E-state index is 12.1. The predicted octanol–water partition coefficient (Wildman–Crippen LogP) is 0.0569. The third kappa shape index (κ3) is 3.58. The molecule has 3 rings (SSSR count). The lowest BCUT2D eigenvalue weighted by molar-refractivity contribution is -0.127. The van der Waals surface area contributed by atoms with Crippen LogP contribution >= 0.6 is 0 Å². The Kier molecular flexibility index (Phi) is 4.82. The Bertz CT molecular complexity index is 654. The predicted molar refractivity (Wildman–Crippen MR) is 87.4 cm³/mol. The molecule has 1 aromatic rings. The molecule has 1 aromatic heterocycles. The average molecular weight is 333 g/mol. The lowest BCUT2D eigenvalue weighted by Gasteiger charge is -2.27. The van der Waals surface area contributed by atoms with Crippen LogP contribution in [-0.4, -0.2) is 58.6 Å². The molecule has 0 radical (unpaired) electrons. The number of amides is 3. The molecule has 0 unspecified atom stereocenters. The molecule has 2 aliphatic heterocycles. The minimum Gasteiger partial charge on any atom is -0.354 e. The van der Waals surface area contributed by atoms with Crippen molar-refractivity contribution in [2.75, 3.05) is 31.1 Å². The van der Waals surface area contributed by atoms with Crippen molar-refractivity contribution in [3.8, 4) is 0 Å². The zero-order valence-electron chi connectivity index (χ0n) is 14.0. The van der Waals surface area contributed by atoms with Gasteiger partial charge in [0, 0.05) is 38.5 Å². The Morgan fingerprint density at radius 3 is 2.83 bits per heavy atom. The summed E-state index contributed by atoms with van der Waals surface area (Å²) >= 11 is 0. The van der Waals surface area contributed by atoms with Crippen LogP contribution < -0.4 is 10.2 Å². The van der Waals surface area contributed by atoms with Gasteiger partial charge < -0.3 is 10.2 Å². The van der Waals surface area contributed by atoms with Gasteiger partial charge >= 0.3 is 0 Å². The fraction of sp³-hybridized carbons (Fsp3) is 0.625. The maximum Gasteiger partial charge on any atom is 0.240 e. The molecule has 3 amide bonds. The van der Waals surface area contributed by atoms with Gasteiger partial charge in [0.15, 0.2) is 0 Å². The van der Waals surface area contributed by atoms with Gasteiger partial charge in [-0.25, -0.2) is 4.68 Å².